The minimum absolute atomic E-state index is 0.406. The van der Waals surface area contributed by atoms with E-state index in [2.05, 4.69) is 0 Å². The number of carbonyl (C=O) groups is 1. The Bertz CT molecular complexity index is 176. The number of amides is 1. The zero-order valence-corrected chi connectivity index (χ0v) is 5.70. The predicted octanol–water partition coefficient (Wildman–Crippen LogP) is 0.510. The van der Waals surface area contributed by atoms with E-state index in [9.17, 15) is 4.79 Å². The maximum atomic E-state index is 10.3. The van der Waals surface area contributed by atoms with Crippen molar-refractivity contribution in [1.82, 2.24) is 4.90 Å². The molecule has 0 unspecified atom stereocenters. The average molecular weight is 143 g/mol. The largest absolute Gasteiger partial charge is 0.465 e. The molecule has 4 heteroatoms. The second-order valence-electron chi connectivity index (χ2n) is 2.05. The zero-order chi connectivity index (χ0) is 7.56. The average Bonchev–Trinajstić information content (AvgIpc) is 2.36. The van der Waals surface area contributed by atoms with E-state index < -0.39 is 6.09 Å². The Labute approximate surface area is 58.7 Å². The summed E-state index contributed by atoms with van der Waals surface area (Å²) in [6.45, 7) is 0.926. The van der Waals surface area contributed by atoms with Gasteiger partial charge in [0.25, 0.3) is 0 Å². The Kier molecular flexibility index (Phi) is 1.91. The van der Waals surface area contributed by atoms with E-state index in [4.69, 9.17) is 9.84 Å². The summed E-state index contributed by atoms with van der Waals surface area (Å²) in [6.07, 6.45) is 0.811. The molecule has 0 saturated carbocycles. The third-order valence-corrected chi connectivity index (χ3v) is 1.40. The number of carboxylic acid groups (broad SMARTS) is 1. The van der Waals surface area contributed by atoms with Crippen LogP contribution in [0.5, 0.6) is 0 Å². The maximum absolute atomic E-state index is 10.3. The van der Waals surface area contributed by atoms with E-state index in [0.717, 1.165) is 4.90 Å². The van der Waals surface area contributed by atoms with Gasteiger partial charge in [0, 0.05) is 12.7 Å². The van der Waals surface area contributed by atoms with Gasteiger partial charge in [-0.1, -0.05) is 0 Å². The maximum Gasteiger partial charge on any atom is 0.411 e. The molecule has 10 heavy (non-hydrogen) atoms. The van der Waals surface area contributed by atoms with Crippen molar-refractivity contribution < 1.29 is 14.6 Å². The van der Waals surface area contributed by atoms with E-state index in [1.165, 1.54) is 7.05 Å². The second kappa shape index (κ2) is 2.70. The molecule has 0 aromatic carbocycles. The molecular weight excluding hydrogens is 134 g/mol. The molecular formula is C6H9NO3. The molecule has 0 fully saturated rings. The highest BCUT2D eigenvalue weighted by Crippen LogP contribution is 2.07. The van der Waals surface area contributed by atoms with Gasteiger partial charge >= 0.3 is 6.09 Å². The summed E-state index contributed by atoms with van der Waals surface area (Å²) in [5.74, 6) is 0. The fourth-order valence-electron chi connectivity index (χ4n) is 0.734. The van der Waals surface area contributed by atoms with Gasteiger partial charge in [0.2, 0.25) is 0 Å². The first kappa shape index (κ1) is 7.08. The van der Waals surface area contributed by atoms with Crippen molar-refractivity contribution in [3.8, 4) is 0 Å². The van der Waals surface area contributed by atoms with Crippen LogP contribution >= 0.6 is 0 Å². The molecule has 1 aliphatic rings. The van der Waals surface area contributed by atoms with Gasteiger partial charge in [-0.3, -0.25) is 4.90 Å². The lowest BCUT2D eigenvalue weighted by molar-refractivity contribution is 0.155. The minimum Gasteiger partial charge on any atom is -0.465 e. The number of hydrogen-bond donors (Lipinski definition) is 1. The van der Waals surface area contributed by atoms with Crippen molar-refractivity contribution in [3.63, 3.8) is 0 Å². The fraction of sp³-hybridized carbons (Fsp3) is 0.500. The van der Waals surface area contributed by atoms with Gasteiger partial charge < -0.3 is 9.84 Å². The van der Waals surface area contributed by atoms with E-state index in [1.807, 2.05) is 0 Å². The lowest BCUT2D eigenvalue weighted by atomic mass is 10.4. The van der Waals surface area contributed by atoms with Gasteiger partial charge in [-0.25, -0.2) is 4.79 Å². The van der Waals surface area contributed by atoms with E-state index in [-0.39, 0.29) is 0 Å². The van der Waals surface area contributed by atoms with Crippen molar-refractivity contribution in [1.29, 1.82) is 0 Å². The first-order chi connectivity index (χ1) is 4.72. The molecule has 0 saturated heterocycles. The number of nitrogens with zero attached hydrogens (tertiary/aromatic N) is 1. The summed E-state index contributed by atoms with van der Waals surface area (Å²) in [4.78, 5) is 11.5. The summed E-state index contributed by atoms with van der Waals surface area (Å²) >= 11 is 0. The van der Waals surface area contributed by atoms with Crippen molar-refractivity contribution in [2.75, 3.05) is 20.3 Å². The summed E-state index contributed by atoms with van der Waals surface area (Å²) < 4.78 is 4.93. The van der Waals surface area contributed by atoms with Crippen LogP contribution in [0.3, 0.4) is 0 Å². The van der Waals surface area contributed by atoms with E-state index in [0.29, 0.717) is 18.9 Å². The quantitative estimate of drug-likeness (QED) is 0.581. The Morgan fingerprint density at radius 2 is 2.60 bits per heavy atom. The standard InChI is InChI=1S/C6H9NO3/c1-7(6(8)9)5-2-3-10-4-5/h2H,3-4H2,1H3,(H,8,9). The van der Waals surface area contributed by atoms with Gasteiger partial charge in [-0.15, -0.1) is 0 Å². The normalized spacial score (nSPS) is 16.7. The molecule has 4 nitrogen and oxygen atoms in total. The lowest BCUT2D eigenvalue weighted by Crippen LogP contribution is -2.24. The highest BCUT2D eigenvalue weighted by atomic mass is 16.5. The van der Waals surface area contributed by atoms with Gasteiger partial charge in [-0.2, -0.15) is 0 Å². The summed E-state index contributed by atoms with van der Waals surface area (Å²) in [5, 5.41) is 8.47. The Morgan fingerprint density at radius 1 is 1.90 bits per heavy atom. The van der Waals surface area contributed by atoms with Crippen LogP contribution in [0.15, 0.2) is 11.8 Å². The van der Waals surface area contributed by atoms with Gasteiger partial charge in [0.05, 0.1) is 13.2 Å². The number of rotatable bonds is 1. The molecule has 0 aliphatic carbocycles. The van der Waals surface area contributed by atoms with Crippen molar-refractivity contribution >= 4 is 6.09 Å². The van der Waals surface area contributed by atoms with Crippen LogP contribution in [0.4, 0.5) is 4.79 Å². The van der Waals surface area contributed by atoms with Crippen LogP contribution in [0.1, 0.15) is 0 Å². The Hall–Kier alpha value is -1.03. The number of hydrogen-bond acceptors (Lipinski definition) is 2. The zero-order valence-electron chi connectivity index (χ0n) is 5.70. The summed E-state index contributed by atoms with van der Waals surface area (Å²) in [6, 6.07) is 0. The minimum atomic E-state index is -0.947. The monoisotopic (exact) mass is 143 g/mol. The molecule has 1 amide bonds. The van der Waals surface area contributed by atoms with Crippen molar-refractivity contribution in [2.45, 2.75) is 0 Å². The first-order valence-corrected chi connectivity index (χ1v) is 2.95. The van der Waals surface area contributed by atoms with Crippen LogP contribution in [0.2, 0.25) is 0 Å². The van der Waals surface area contributed by atoms with E-state index in [1.54, 1.807) is 6.08 Å². The van der Waals surface area contributed by atoms with Crippen molar-refractivity contribution in [2.24, 2.45) is 0 Å². The molecule has 0 spiro atoms. The predicted molar refractivity (Wildman–Crippen MR) is 34.7 cm³/mol. The highest BCUT2D eigenvalue weighted by molar-refractivity contribution is 5.67. The first-order valence-electron chi connectivity index (χ1n) is 2.95. The van der Waals surface area contributed by atoms with E-state index >= 15 is 0 Å². The van der Waals surface area contributed by atoms with Crippen LogP contribution in [0.25, 0.3) is 0 Å². The topological polar surface area (TPSA) is 49.8 Å². The molecule has 0 radical (unpaired) electrons. The van der Waals surface area contributed by atoms with Crippen LogP contribution in [-0.4, -0.2) is 36.4 Å². The third-order valence-electron chi connectivity index (χ3n) is 1.40. The highest BCUT2D eigenvalue weighted by Gasteiger charge is 2.14. The lowest BCUT2D eigenvalue weighted by Gasteiger charge is -2.12. The molecule has 0 atom stereocenters. The molecule has 1 rings (SSSR count). The second-order valence-corrected chi connectivity index (χ2v) is 2.05. The van der Waals surface area contributed by atoms with Crippen LogP contribution in [-0.2, 0) is 4.74 Å². The van der Waals surface area contributed by atoms with Crippen LogP contribution in [0, 0.1) is 0 Å². The molecule has 0 aromatic rings. The molecule has 56 valence electrons. The smallest absolute Gasteiger partial charge is 0.411 e. The van der Waals surface area contributed by atoms with Gasteiger partial charge in [0.15, 0.2) is 0 Å². The molecule has 0 bridgehead atoms. The molecule has 1 aliphatic heterocycles. The SMILES string of the molecule is CN(C(=O)O)C1=CCOC1. The summed E-state index contributed by atoms with van der Waals surface area (Å²) in [7, 11) is 1.50. The summed E-state index contributed by atoms with van der Waals surface area (Å²) in [5.41, 5.74) is 0.715. The number of likely N-dealkylation sites (N-methyl/N-ethyl adjacent to an activating group) is 1. The van der Waals surface area contributed by atoms with Crippen molar-refractivity contribution in [3.05, 3.63) is 11.8 Å². The number of ether oxygens (including phenoxy) is 1. The molecule has 0 aromatic heterocycles. The molecule has 1 heterocycles. The Morgan fingerprint density at radius 3 is 3.00 bits per heavy atom. The fourth-order valence-corrected chi connectivity index (χ4v) is 0.734. The third kappa shape index (κ3) is 1.27. The van der Waals surface area contributed by atoms with Gasteiger partial charge in [0.1, 0.15) is 0 Å². The molecule has 1 N–H and O–H groups in total. The van der Waals surface area contributed by atoms with Gasteiger partial charge in [-0.05, 0) is 6.08 Å². The Balaban J connectivity index is 2.55. The van der Waals surface area contributed by atoms with Crippen LogP contribution < -0.4 is 0 Å².